The first kappa shape index (κ1) is 28.9. The summed E-state index contributed by atoms with van der Waals surface area (Å²) in [5, 5.41) is 9.44. The van der Waals surface area contributed by atoms with Crippen molar-refractivity contribution in [3.05, 3.63) is 71.3 Å². The van der Waals surface area contributed by atoms with Crippen LogP contribution in [0.3, 0.4) is 0 Å². The molecule has 1 heterocycles. The SMILES string of the molecule is CCCCCC.Cc1cccc(C2(C)C(C)(C)OC(=N[C@@H](CCO)c3ccccc3)NS2(=O)=O)c1. The molecule has 0 bridgehead atoms. The van der Waals surface area contributed by atoms with Crippen molar-refractivity contribution in [3.63, 3.8) is 0 Å². The third-order valence-corrected chi connectivity index (χ3v) is 8.89. The number of nitrogens with one attached hydrogen (secondary N) is 1. The molecular formula is C28H42N2O4S. The highest BCUT2D eigenvalue weighted by Gasteiger charge is 2.59. The van der Waals surface area contributed by atoms with Gasteiger partial charge < -0.3 is 9.84 Å². The van der Waals surface area contributed by atoms with Crippen molar-refractivity contribution >= 4 is 16.0 Å². The molecule has 0 radical (unpaired) electrons. The first-order valence-electron chi connectivity index (χ1n) is 12.5. The van der Waals surface area contributed by atoms with E-state index in [1.165, 1.54) is 25.7 Å². The van der Waals surface area contributed by atoms with Crippen LogP contribution < -0.4 is 4.72 Å². The standard InChI is InChI=1S/C22H28N2O4S.C6H14/c1-16-9-8-12-18(15-16)22(4)21(2,3)28-20(24-29(22,26)27)23-19(13-14-25)17-10-6-5-7-11-17;1-3-5-6-4-2/h5-12,15,19,25H,13-14H2,1-4H3,(H,23,24);3-6H2,1-2H3/t19-,22?;/m0./s1. The minimum atomic E-state index is -3.86. The Morgan fingerprint density at radius 3 is 2.14 bits per heavy atom. The second kappa shape index (κ2) is 12.5. The van der Waals surface area contributed by atoms with Crippen LogP contribution in [0, 0.1) is 6.92 Å². The van der Waals surface area contributed by atoms with Gasteiger partial charge in [0, 0.05) is 6.61 Å². The smallest absolute Gasteiger partial charge is 0.299 e. The van der Waals surface area contributed by atoms with Crippen molar-refractivity contribution in [1.82, 2.24) is 4.72 Å². The zero-order chi connectivity index (χ0) is 26.1. The van der Waals surface area contributed by atoms with Crippen molar-refractivity contribution in [2.45, 2.75) is 90.0 Å². The highest BCUT2D eigenvalue weighted by atomic mass is 32.2. The molecule has 2 aromatic carbocycles. The Morgan fingerprint density at radius 1 is 1.00 bits per heavy atom. The number of rotatable bonds is 8. The average molecular weight is 503 g/mol. The summed E-state index contributed by atoms with van der Waals surface area (Å²) in [6.45, 7) is 11.5. The number of nitrogens with zero attached hydrogens (tertiary/aromatic N) is 1. The number of sulfonamides is 1. The molecule has 0 aliphatic carbocycles. The van der Waals surface area contributed by atoms with Gasteiger partial charge in [-0.05, 0) is 45.2 Å². The molecule has 7 heteroatoms. The summed E-state index contributed by atoms with van der Waals surface area (Å²) in [7, 11) is -3.86. The number of hydrogen-bond acceptors (Lipinski definition) is 5. The topological polar surface area (TPSA) is 88.0 Å². The van der Waals surface area contributed by atoms with Gasteiger partial charge >= 0.3 is 0 Å². The van der Waals surface area contributed by atoms with Gasteiger partial charge in [0.05, 0.1) is 6.04 Å². The molecule has 0 amide bonds. The summed E-state index contributed by atoms with van der Waals surface area (Å²) in [5.41, 5.74) is 1.43. The van der Waals surface area contributed by atoms with Crippen LogP contribution in [0.5, 0.6) is 0 Å². The molecule has 0 spiro atoms. The van der Waals surface area contributed by atoms with E-state index in [0.717, 1.165) is 11.1 Å². The van der Waals surface area contributed by atoms with E-state index in [4.69, 9.17) is 4.74 Å². The molecule has 1 aliphatic heterocycles. The highest BCUT2D eigenvalue weighted by molar-refractivity contribution is 7.91. The second-order valence-electron chi connectivity index (χ2n) is 9.70. The lowest BCUT2D eigenvalue weighted by Gasteiger charge is -2.47. The van der Waals surface area contributed by atoms with Crippen molar-refractivity contribution < 1.29 is 18.3 Å². The van der Waals surface area contributed by atoms with Crippen molar-refractivity contribution in [1.29, 1.82) is 0 Å². The Balaban J connectivity index is 0.000000641. The van der Waals surface area contributed by atoms with E-state index in [0.29, 0.717) is 12.0 Å². The molecule has 2 aromatic rings. The fourth-order valence-corrected chi connectivity index (χ4v) is 5.80. The summed E-state index contributed by atoms with van der Waals surface area (Å²) in [4.78, 5) is 4.51. The van der Waals surface area contributed by atoms with Gasteiger partial charge in [-0.15, -0.1) is 0 Å². The molecule has 1 fully saturated rings. The zero-order valence-corrected chi connectivity index (χ0v) is 22.9. The number of hydrogen-bond donors (Lipinski definition) is 2. The molecule has 0 aromatic heterocycles. The first-order chi connectivity index (χ1) is 16.5. The molecule has 6 nitrogen and oxygen atoms in total. The minimum Gasteiger partial charge on any atom is -0.456 e. The van der Waals surface area contributed by atoms with Gasteiger partial charge in [0.15, 0.2) is 4.75 Å². The lowest BCUT2D eigenvalue weighted by Crippen LogP contribution is -2.63. The van der Waals surface area contributed by atoms with Gasteiger partial charge in [-0.2, -0.15) is 0 Å². The van der Waals surface area contributed by atoms with Crippen molar-refractivity contribution in [2.75, 3.05) is 6.61 Å². The monoisotopic (exact) mass is 502 g/mol. The van der Waals surface area contributed by atoms with Gasteiger partial charge in [0.25, 0.3) is 6.02 Å². The summed E-state index contributed by atoms with van der Waals surface area (Å²) >= 11 is 0. The molecule has 0 saturated carbocycles. The van der Waals surface area contributed by atoms with E-state index in [1.807, 2.05) is 55.5 Å². The fraction of sp³-hybridized carbons (Fsp3) is 0.536. The Morgan fingerprint density at radius 2 is 1.63 bits per heavy atom. The van der Waals surface area contributed by atoms with Crippen LogP contribution in [0.1, 0.15) is 89.5 Å². The third-order valence-electron chi connectivity index (χ3n) is 6.65. The van der Waals surface area contributed by atoms with E-state index < -0.39 is 26.4 Å². The Kier molecular flexibility index (Phi) is 10.3. The van der Waals surface area contributed by atoms with E-state index in [-0.39, 0.29) is 12.6 Å². The Labute approximate surface area is 211 Å². The molecular weight excluding hydrogens is 460 g/mol. The number of amidine groups is 1. The van der Waals surface area contributed by atoms with Crippen LogP contribution in [0.15, 0.2) is 59.6 Å². The Bertz CT molecular complexity index is 1060. The van der Waals surface area contributed by atoms with E-state index in [1.54, 1.807) is 26.8 Å². The zero-order valence-electron chi connectivity index (χ0n) is 22.0. The number of ether oxygens (including phenoxy) is 1. The van der Waals surface area contributed by atoms with Gasteiger partial charge in [0.2, 0.25) is 10.0 Å². The predicted octanol–water partition coefficient (Wildman–Crippen LogP) is 6.00. The maximum Gasteiger partial charge on any atom is 0.299 e. The number of aryl methyl sites for hydroxylation is 1. The molecule has 1 saturated heterocycles. The van der Waals surface area contributed by atoms with Crippen LogP contribution >= 0.6 is 0 Å². The van der Waals surface area contributed by atoms with Crippen LogP contribution in [-0.2, 0) is 19.5 Å². The second-order valence-corrected chi connectivity index (χ2v) is 11.7. The molecule has 1 unspecified atom stereocenters. The minimum absolute atomic E-state index is 0.0533. The molecule has 194 valence electrons. The number of unbranched alkanes of at least 4 members (excludes halogenated alkanes) is 3. The van der Waals surface area contributed by atoms with Gasteiger partial charge in [-0.25, -0.2) is 18.1 Å². The summed E-state index contributed by atoms with van der Waals surface area (Å²) < 4.78 is 34.1. The number of aliphatic imine (C=N–C) groups is 1. The molecule has 2 N–H and O–H groups in total. The van der Waals surface area contributed by atoms with Crippen LogP contribution in [0.2, 0.25) is 0 Å². The van der Waals surface area contributed by atoms with Gasteiger partial charge in [-0.3, -0.25) is 0 Å². The van der Waals surface area contributed by atoms with Crippen LogP contribution in [0.25, 0.3) is 0 Å². The average Bonchev–Trinajstić information content (AvgIpc) is 2.81. The first-order valence-corrected chi connectivity index (χ1v) is 14.0. The van der Waals surface area contributed by atoms with E-state index in [2.05, 4.69) is 23.6 Å². The van der Waals surface area contributed by atoms with Crippen molar-refractivity contribution in [2.24, 2.45) is 4.99 Å². The maximum absolute atomic E-state index is 13.4. The normalized spacial score (nSPS) is 22.3. The largest absolute Gasteiger partial charge is 0.456 e. The Hall–Kier alpha value is -2.38. The molecule has 3 rings (SSSR count). The summed E-state index contributed by atoms with van der Waals surface area (Å²) in [6, 6.07) is 16.4. The molecule has 35 heavy (non-hydrogen) atoms. The predicted molar refractivity (Wildman–Crippen MR) is 144 cm³/mol. The van der Waals surface area contributed by atoms with Crippen LogP contribution in [0.4, 0.5) is 0 Å². The third kappa shape index (κ3) is 6.85. The fourth-order valence-electron chi connectivity index (χ4n) is 4.14. The molecule has 2 atom stereocenters. The number of aliphatic hydroxyl groups excluding tert-OH is 1. The van der Waals surface area contributed by atoms with E-state index >= 15 is 0 Å². The lowest BCUT2D eigenvalue weighted by atomic mass is 9.84. The van der Waals surface area contributed by atoms with Gasteiger partial charge in [0.1, 0.15) is 5.60 Å². The van der Waals surface area contributed by atoms with E-state index in [9.17, 15) is 13.5 Å². The number of benzene rings is 2. The van der Waals surface area contributed by atoms with Crippen LogP contribution in [-0.4, -0.2) is 31.8 Å². The number of aliphatic hydroxyl groups is 1. The highest BCUT2D eigenvalue weighted by Crippen LogP contribution is 2.45. The quantitative estimate of drug-likeness (QED) is 0.433. The maximum atomic E-state index is 13.4. The summed E-state index contributed by atoms with van der Waals surface area (Å²) in [5.74, 6) is 0. The molecule has 1 aliphatic rings. The summed E-state index contributed by atoms with van der Waals surface area (Å²) in [6.07, 6.45) is 5.89. The lowest BCUT2D eigenvalue weighted by molar-refractivity contribution is 0.0381. The van der Waals surface area contributed by atoms with Gasteiger partial charge in [-0.1, -0.05) is 99.7 Å². The van der Waals surface area contributed by atoms with Crippen molar-refractivity contribution in [3.8, 4) is 0 Å².